The molecule has 0 aliphatic heterocycles. The van der Waals surface area contributed by atoms with Gasteiger partial charge >= 0.3 is 0 Å². The van der Waals surface area contributed by atoms with Crippen molar-refractivity contribution in [3.8, 4) is 0 Å². The van der Waals surface area contributed by atoms with Crippen LogP contribution < -0.4 is 0 Å². The third-order valence-corrected chi connectivity index (χ3v) is 1.25. The van der Waals surface area contributed by atoms with Crippen molar-refractivity contribution in [2.45, 2.75) is 33.3 Å². The number of rotatable bonds is 8. The van der Waals surface area contributed by atoms with Gasteiger partial charge in [-0.05, 0) is 20.3 Å². The molecule has 0 amide bonds. The number of aliphatic hydroxyl groups is 2. The van der Waals surface area contributed by atoms with Crippen molar-refractivity contribution in [1.29, 1.82) is 0 Å². The number of hydrogen-bond acceptors (Lipinski definition) is 5. The van der Waals surface area contributed by atoms with Crippen LogP contribution in [0.1, 0.15) is 27.2 Å². The first-order valence-corrected chi connectivity index (χ1v) is 5.33. The van der Waals surface area contributed by atoms with Crippen molar-refractivity contribution in [2.24, 2.45) is 0 Å². The SMILES string of the molecule is CCCOOCC(O)CO.CCOCC. The number of hydrogen-bond donors (Lipinski definition) is 2. The first-order valence-electron chi connectivity index (χ1n) is 5.33. The molecular formula is C10H24O5. The van der Waals surface area contributed by atoms with Gasteiger partial charge < -0.3 is 14.9 Å². The lowest BCUT2D eigenvalue weighted by molar-refractivity contribution is -0.306. The van der Waals surface area contributed by atoms with E-state index in [4.69, 9.17) is 14.9 Å². The fourth-order valence-electron chi connectivity index (χ4n) is 0.526. The largest absolute Gasteiger partial charge is 0.394 e. The average Bonchev–Trinajstić information content (AvgIpc) is 2.26. The molecular weight excluding hydrogens is 200 g/mol. The van der Waals surface area contributed by atoms with Crippen LogP contribution in [0, 0.1) is 0 Å². The van der Waals surface area contributed by atoms with Crippen molar-refractivity contribution in [3.05, 3.63) is 0 Å². The van der Waals surface area contributed by atoms with Crippen molar-refractivity contribution in [1.82, 2.24) is 0 Å². The van der Waals surface area contributed by atoms with E-state index in [1.165, 1.54) is 0 Å². The third kappa shape index (κ3) is 20.0. The molecule has 0 saturated heterocycles. The minimum Gasteiger partial charge on any atom is -0.394 e. The summed E-state index contributed by atoms with van der Waals surface area (Å²) in [4.78, 5) is 9.10. The molecule has 0 saturated carbocycles. The van der Waals surface area contributed by atoms with Gasteiger partial charge in [0.1, 0.15) is 12.7 Å². The molecule has 0 aliphatic rings. The van der Waals surface area contributed by atoms with Crippen LogP contribution in [-0.2, 0) is 14.5 Å². The Morgan fingerprint density at radius 3 is 2.00 bits per heavy atom. The normalized spacial score (nSPS) is 11.8. The molecule has 0 spiro atoms. The highest BCUT2D eigenvalue weighted by Gasteiger charge is 2.00. The highest BCUT2D eigenvalue weighted by atomic mass is 17.2. The van der Waals surface area contributed by atoms with E-state index in [2.05, 4.69) is 9.78 Å². The number of aliphatic hydroxyl groups excluding tert-OH is 2. The Labute approximate surface area is 91.9 Å². The Kier molecular flexibility index (Phi) is 18.6. The average molecular weight is 224 g/mol. The molecule has 0 aromatic heterocycles. The molecule has 0 aromatic rings. The molecule has 0 rings (SSSR count). The standard InChI is InChI=1S/C6H14O4.C4H10O/c1-2-3-9-10-5-6(8)4-7;1-3-5-4-2/h6-8H,2-5H2,1H3;3-4H2,1-2H3. The van der Waals surface area contributed by atoms with Crippen LogP contribution in [-0.4, -0.2) is 49.4 Å². The molecule has 94 valence electrons. The predicted molar refractivity (Wildman–Crippen MR) is 57.5 cm³/mol. The topological polar surface area (TPSA) is 68.2 Å². The van der Waals surface area contributed by atoms with Crippen LogP contribution in [0.4, 0.5) is 0 Å². The predicted octanol–water partition coefficient (Wildman–Crippen LogP) is 0.741. The summed E-state index contributed by atoms with van der Waals surface area (Å²) in [6, 6.07) is 0. The van der Waals surface area contributed by atoms with Crippen molar-refractivity contribution in [3.63, 3.8) is 0 Å². The zero-order chi connectivity index (χ0) is 11.9. The van der Waals surface area contributed by atoms with Crippen LogP contribution in [0.5, 0.6) is 0 Å². The van der Waals surface area contributed by atoms with Crippen molar-refractivity contribution in [2.75, 3.05) is 33.0 Å². The molecule has 1 unspecified atom stereocenters. The quantitative estimate of drug-likeness (QED) is 0.361. The molecule has 0 fully saturated rings. The second-order valence-electron chi connectivity index (χ2n) is 2.72. The van der Waals surface area contributed by atoms with Crippen LogP contribution >= 0.6 is 0 Å². The van der Waals surface area contributed by atoms with Gasteiger partial charge in [-0.2, -0.15) is 0 Å². The van der Waals surface area contributed by atoms with Crippen LogP contribution in [0.15, 0.2) is 0 Å². The van der Waals surface area contributed by atoms with Gasteiger partial charge in [0.05, 0.1) is 13.2 Å². The Morgan fingerprint density at radius 1 is 1.07 bits per heavy atom. The molecule has 15 heavy (non-hydrogen) atoms. The summed E-state index contributed by atoms with van der Waals surface area (Å²) in [6.45, 7) is 7.86. The van der Waals surface area contributed by atoms with E-state index in [-0.39, 0.29) is 13.2 Å². The summed E-state index contributed by atoms with van der Waals surface area (Å²) in [6.07, 6.45) is 0.0340. The molecule has 0 radical (unpaired) electrons. The van der Waals surface area contributed by atoms with E-state index in [1.54, 1.807) is 0 Å². The Morgan fingerprint density at radius 2 is 1.67 bits per heavy atom. The summed E-state index contributed by atoms with van der Waals surface area (Å²) in [5, 5.41) is 17.0. The number of ether oxygens (including phenoxy) is 1. The first-order chi connectivity index (χ1) is 7.22. The molecule has 0 bridgehead atoms. The highest BCUT2D eigenvalue weighted by Crippen LogP contribution is 1.86. The second-order valence-corrected chi connectivity index (χ2v) is 2.72. The molecule has 2 N–H and O–H groups in total. The molecule has 1 atom stereocenters. The smallest absolute Gasteiger partial charge is 0.110 e. The van der Waals surface area contributed by atoms with Gasteiger partial charge in [-0.25, -0.2) is 9.78 Å². The van der Waals surface area contributed by atoms with E-state index >= 15 is 0 Å². The van der Waals surface area contributed by atoms with Gasteiger partial charge in [0.25, 0.3) is 0 Å². The highest BCUT2D eigenvalue weighted by molar-refractivity contribution is 4.45. The van der Waals surface area contributed by atoms with Gasteiger partial charge in [-0.1, -0.05) is 6.92 Å². The van der Waals surface area contributed by atoms with Crippen LogP contribution in [0.3, 0.4) is 0 Å². The maximum Gasteiger partial charge on any atom is 0.110 e. The Hall–Kier alpha value is -0.200. The molecule has 5 nitrogen and oxygen atoms in total. The maximum atomic E-state index is 8.70. The molecule has 0 aromatic carbocycles. The summed E-state index contributed by atoms with van der Waals surface area (Å²) < 4.78 is 4.83. The van der Waals surface area contributed by atoms with Crippen molar-refractivity contribution >= 4 is 0 Å². The lowest BCUT2D eigenvalue weighted by Crippen LogP contribution is -2.19. The zero-order valence-corrected chi connectivity index (χ0v) is 9.94. The van der Waals surface area contributed by atoms with Gasteiger partial charge in [0.2, 0.25) is 0 Å². The zero-order valence-electron chi connectivity index (χ0n) is 9.94. The van der Waals surface area contributed by atoms with E-state index in [0.717, 1.165) is 19.6 Å². The summed E-state index contributed by atoms with van der Waals surface area (Å²) in [5.41, 5.74) is 0. The summed E-state index contributed by atoms with van der Waals surface area (Å²) >= 11 is 0. The van der Waals surface area contributed by atoms with Crippen molar-refractivity contribution < 1.29 is 24.7 Å². The molecule has 0 heterocycles. The van der Waals surface area contributed by atoms with Crippen LogP contribution in [0.2, 0.25) is 0 Å². The Bertz CT molecular complexity index is 97.8. The summed E-state index contributed by atoms with van der Waals surface area (Å²) in [5.74, 6) is 0. The van der Waals surface area contributed by atoms with Gasteiger partial charge in [-0.15, -0.1) is 0 Å². The maximum absolute atomic E-state index is 8.70. The van der Waals surface area contributed by atoms with Gasteiger partial charge in [-0.3, -0.25) is 0 Å². The van der Waals surface area contributed by atoms with E-state index in [9.17, 15) is 0 Å². The lowest BCUT2D eigenvalue weighted by atomic mass is 10.4. The fraction of sp³-hybridized carbons (Fsp3) is 1.00. The van der Waals surface area contributed by atoms with E-state index in [1.807, 2.05) is 20.8 Å². The van der Waals surface area contributed by atoms with Gasteiger partial charge in [0.15, 0.2) is 0 Å². The monoisotopic (exact) mass is 224 g/mol. The van der Waals surface area contributed by atoms with Gasteiger partial charge in [0, 0.05) is 13.2 Å². The molecule has 0 aliphatic carbocycles. The fourth-order valence-corrected chi connectivity index (χ4v) is 0.526. The Balaban J connectivity index is 0. The van der Waals surface area contributed by atoms with Crippen LogP contribution in [0.25, 0.3) is 0 Å². The lowest BCUT2D eigenvalue weighted by Gasteiger charge is -2.05. The van der Waals surface area contributed by atoms with E-state index < -0.39 is 6.10 Å². The minimum atomic E-state index is -0.836. The third-order valence-electron chi connectivity index (χ3n) is 1.25. The second kappa shape index (κ2) is 16.2. The first kappa shape index (κ1) is 17.2. The molecule has 5 heteroatoms. The minimum absolute atomic E-state index is 0.0243. The summed E-state index contributed by atoms with van der Waals surface area (Å²) in [7, 11) is 0. The van der Waals surface area contributed by atoms with E-state index in [0.29, 0.717) is 6.61 Å².